The van der Waals surface area contributed by atoms with Crippen LogP contribution in [-0.4, -0.2) is 0 Å². The highest BCUT2D eigenvalue weighted by Gasteiger charge is 2.48. The number of hydrogen-bond donors (Lipinski definition) is 0. The summed E-state index contributed by atoms with van der Waals surface area (Å²) >= 11 is 0. The summed E-state index contributed by atoms with van der Waals surface area (Å²) < 4.78 is 0. The lowest BCUT2D eigenvalue weighted by Crippen LogP contribution is -2.35. The maximum Gasteiger partial charge on any atom is 0.0243 e. The van der Waals surface area contributed by atoms with E-state index >= 15 is 0 Å². The Balaban J connectivity index is 1.63. The molecule has 1 fully saturated rings. The minimum Gasteiger partial charge on any atom is -0.0654 e. The zero-order valence-corrected chi connectivity index (χ0v) is 17.2. The van der Waals surface area contributed by atoms with Crippen molar-refractivity contribution in [3.8, 4) is 11.1 Å². The molecule has 1 spiro atoms. The van der Waals surface area contributed by atoms with Crippen LogP contribution in [0.15, 0.2) is 60.7 Å². The average molecular weight is 369 g/mol. The highest BCUT2D eigenvalue weighted by molar-refractivity contribution is 6.03. The molecule has 2 unspecified atom stereocenters. The van der Waals surface area contributed by atoms with Crippen LogP contribution in [0.5, 0.6) is 0 Å². The highest BCUT2D eigenvalue weighted by atomic mass is 14.5. The van der Waals surface area contributed by atoms with Gasteiger partial charge in [-0.05, 0) is 58.2 Å². The second-order valence-corrected chi connectivity index (χ2v) is 9.02. The molecule has 2 aliphatic carbocycles. The Hall–Kier alpha value is -2.08. The van der Waals surface area contributed by atoms with E-state index in [1.165, 1.54) is 79.7 Å². The van der Waals surface area contributed by atoms with Crippen LogP contribution in [0.25, 0.3) is 21.9 Å². The van der Waals surface area contributed by atoms with E-state index in [1.807, 2.05) is 0 Å². The molecule has 3 aromatic rings. The molecule has 0 aliphatic heterocycles. The Labute approximate surface area is 170 Å². The van der Waals surface area contributed by atoms with Gasteiger partial charge in [0.2, 0.25) is 0 Å². The molecule has 0 heteroatoms. The van der Waals surface area contributed by atoms with E-state index in [4.69, 9.17) is 0 Å². The smallest absolute Gasteiger partial charge is 0.0243 e. The van der Waals surface area contributed by atoms with Crippen LogP contribution in [0.4, 0.5) is 0 Å². The molecule has 1 saturated carbocycles. The van der Waals surface area contributed by atoms with Crippen molar-refractivity contribution in [2.75, 3.05) is 0 Å². The van der Waals surface area contributed by atoms with Crippen LogP contribution in [0.2, 0.25) is 0 Å². The number of unbranched alkanes of at least 4 members (excludes halogenated alkanes) is 4. The van der Waals surface area contributed by atoms with Gasteiger partial charge >= 0.3 is 0 Å². The van der Waals surface area contributed by atoms with E-state index in [1.54, 1.807) is 11.1 Å². The maximum absolute atomic E-state index is 2.46. The lowest BCUT2D eigenvalue weighted by atomic mass is 9.60. The first kappa shape index (κ1) is 18.0. The Morgan fingerprint density at radius 1 is 0.786 bits per heavy atom. The molecule has 0 heterocycles. The summed E-state index contributed by atoms with van der Waals surface area (Å²) in [4.78, 5) is 0. The van der Waals surface area contributed by atoms with E-state index in [9.17, 15) is 0 Å². The lowest BCUT2D eigenvalue weighted by Gasteiger charge is -2.42. The highest BCUT2D eigenvalue weighted by Crippen LogP contribution is 2.59. The second kappa shape index (κ2) is 7.39. The molecule has 144 valence electrons. The number of benzene rings is 3. The zero-order chi connectivity index (χ0) is 19.0. The van der Waals surface area contributed by atoms with Crippen LogP contribution in [0, 0.1) is 5.92 Å². The molecule has 0 bridgehead atoms. The van der Waals surface area contributed by atoms with E-state index in [2.05, 4.69) is 67.6 Å². The molecule has 3 aromatic carbocycles. The van der Waals surface area contributed by atoms with Crippen LogP contribution >= 0.6 is 0 Å². The summed E-state index contributed by atoms with van der Waals surface area (Å²) in [5.41, 5.74) is 6.40. The third kappa shape index (κ3) is 2.65. The lowest BCUT2D eigenvalue weighted by molar-refractivity contribution is 0.340. The summed E-state index contributed by atoms with van der Waals surface area (Å²) in [6, 6.07) is 23.3. The van der Waals surface area contributed by atoms with E-state index < -0.39 is 0 Å². The molecule has 0 amide bonds. The molecule has 2 atom stereocenters. The molecular formula is C28H32. The minimum atomic E-state index is 0.231. The molecule has 0 radical (unpaired) electrons. The van der Waals surface area contributed by atoms with Gasteiger partial charge < -0.3 is 0 Å². The second-order valence-electron chi connectivity index (χ2n) is 9.02. The summed E-state index contributed by atoms with van der Waals surface area (Å²) in [7, 11) is 0. The van der Waals surface area contributed by atoms with E-state index in [0.29, 0.717) is 0 Å². The first-order chi connectivity index (χ1) is 13.9. The monoisotopic (exact) mass is 368 g/mol. The van der Waals surface area contributed by atoms with Crippen molar-refractivity contribution >= 4 is 10.8 Å². The standard InChI is InChI=1S/C28H32/c1-2-3-4-5-6-14-22-15-11-20-28(22)25-18-8-7-16-23(25)24-17-9-12-21-13-10-19-26(28)27(21)24/h7-10,12-13,16-19,22H,2-6,11,14-15,20H2,1H3. The number of hydrogen-bond acceptors (Lipinski definition) is 0. The van der Waals surface area contributed by atoms with Crippen molar-refractivity contribution in [1.82, 2.24) is 0 Å². The topological polar surface area (TPSA) is 0 Å². The van der Waals surface area contributed by atoms with Gasteiger partial charge in [0.15, 0.2) is 0 Å². The van der Waals surface area contributed by atoms with Crippen LogP contribution in [0.3, 0.4) is 0 Å². The first-order valence-corrected chi connectivity index (χ1v) is 11.5. The van der Waals surface area contributed by atoms with Gasteiger partial charge in [0, 0.05) is 5.41 Å². The van der Waals surface area contributed by atoms with Gasteiger partial charge in [-0.1, -0.05) is 106 Å². The zero-order valence-electron chi connectivity index (χ0n) is 17.2. The molecule has 0 saturated heterocycles. The maximum atomic E-state index is 2.46. The van der Waals surface area contributed by atoms with Crippen molar-refractivity contribution in [1.29, 1.82) is 0 Å². The molecule has 0 nitrogen and oxygen atoms in total. The minimum absolute atomic E-state index is 0.231. The molecule has 28 heavy (non-hydrogen) atoms. The molecule has 2 aliphatic rings. The fourth-order valence-corrected chi connectivity index (χ4v) is 6.36. The van der Waals surface area contributed by atoms with Gasteiger partial charge in [0.25, 0.3) is 0 Å². The normalized spacial score (nSPS) is 22.7. The van der Waals surface area contributed by atoms with Crippen molar-refractivity contribution in [2.45, 2.75) is 70.1 Å². The van der Waals surface area contributed by atoms with Gasteiger partial charge in [-0.25, -0.2) is 0 Å². The Kier molecular flexibility index (Phi) is 4.75. The Morgan fingerprint density at radius 3 is 2.43 bits per heavy atom. The van der Waals surface area contributed by atoms with Crippen LogP contribution in [-0.2, 0) is 5.41 Å². The molecule has 5 rings (SSSR count). The Bertz CT molecular complexity index is 977. The van der Waals surface area contributed by atoms with Gasteiger partial charge in [-0.3, -0.25) is 0 Å². The van der Waals surface area contributed by atoms with E-state index in [-0.39, 0.29) is 5.41 Å². The van der Waals surface area contributed by atoms with Crippen molar-refractivity contribution < 1.29 is 0 Å². The quantitative estimate of drug-likeness (QED) is 0.384. The van der Waals surface area contributed by atoms with Gasteiger partial charge in [0.1, 0.15) is 0 Å². The number of fused-ring (bicyclic) bond motifs is 4. The molecule has 0 aromatic heterocycles. The Morgan fingerprint density at radius 2 is 1.54 bits per heavy atom. The average Bonchev–Trinajstić information content (AvgIpc) is 3.16. The van der Waals surface area contributed by atoms with Gasteiger partial charge in [-0.15, -0.1) is 0 Å². The van der Waals surface area contributed by atoms with Crippen LogP contribution in [0.1, 0.15) is 75.8 Å². The fourth-order valence-electron chi connectivity index (χ4n) is 6.36. The third-order valence-electron chi connectivity index (χ3n) is 7.56. The predicted octanol–water partition coefficient (Wildman–Crippen LogP) is 8.27. The summed E-state index contributed by atoms with van der Waals surface area (Å²) in [6.45, 7) is 2.31. The summed E-state index contributed by atoms with van der Waals surface area (Å²) in [6.07, 6.45) is 12.4. The summed E-state index contributed by atoms with van der Waals surface area (Å²) in [5.74, 6) is 0.786. The number of rotatable bonds is 6. The fraction of sp³-hybridized carbons (Fsp3) is 0.429. The largest absolute Gasteiger partial charge is 0.0654 e. The predicted molar refractivity (Wildman–Crippen MR) is 121 cm³/mol. The molecular weight excluding hydrogens is 336 g/mol. The van der Waals surface area contributed by atoms with Gasteiger partial charge in [0.05, 0.1) is 0 Å². The summed E-state index contributed by atoms with van der Waals surface area (Å²) in [5, 5.41) is 2.94. The molecule has 0 N–H and O–H groups in total. The van der Waals surface area contributed by atoms with Crippen LogP contribution < -0.4 is 0 Å². The van der Waals surface area contributed by atoms with E-state index in [0.717, 1.165) is 5.92 Å². The first-order valence-electron chi connectivity index (χ1n) is 11.5. The van der Waals surface area contributed by atoms with Gasteiger partial charge in [-0.2, -0.15) is 0 Å². The van der Waals surface area contributed by atoms with Crippen molar-refractivity contribution in [3.05, 3.63) is 71.8 Å². The van der Waals surface area contributed by atoms with Crippen molar-refractivity contribution in [2.24, 2.45) is 5.92 Å². The SMILES string of the molecule is CCCCCCCC1CCCC12c1ccccc1-c1cccc3cccc2c13. The third-order valence-corrected chi connectivity index (χ3v) is 7.56. The van der Waals surface area contributed by atoms with Crippen molar-refractivity contribution in [3.63, 3.8) is 0 Å².